The standard InChI is InChI=1S/C17H26N2O3S/c1-13-5-7-16(8-6-13)19(23(4,21)22)15(3)17(20)18-11-9-14(2)10-12-18/h5-8,14-15H,9-12H2,1-4H3/t15-/m0/s1. The maximum Gasteiger partial charge on any atom is 0.246 e. The van der Waals surface area contributed by atoms with Crippen molar-refractivity contribution < 1.29 is 13.2 Å². The van der Waals surface area contributed by atoms with Gasteiger partial charge in [-0.3, -0.25) is 9.10 Å². The van der Waals surface area contributed by atoms with Crippen molar-refractivity contribution in [1.82, 2.24) is 4.90 Å². The van der Waals surface area contributed by atoms with E-state index in [-0.39, 0.29) is 5.91 Å². The summed E-state index contributed by atoms with van der Waals surface area (Å²) in [5.74, 6) is 0.500. The summed E-state index contributed by atoms with van der Waals surface area (Å²) < 4.78 is 25.7. The van der Waals surface area contributed by atoms with E-state index in [1.54, 1.807) is 24.0 Å². The molecule has 0 N–H and O–H groups in total. The number of nitrogens with zero attached hydrogens (tertiary/aromatic N) is 2. The zero-order valence-electron chi connectivity index (χ0n) is 14.3. The summed E-state index contributed by atoms with van der Waals surface area (Å²) in [6.45, 7) is 7.20. The van der Waals surface area contributed by atoms with Gasteiger partial charge >= 0.3 is 0 Å². The molecule has 0 saturated carbocycles. The van der Waals surface area contributed by atoms with Crippen molar-refractivity contribution in [1.29, 1.82) is 0 Å². The molecule has 0 aliphatic carbocycles. The second kappa shape index (κ2) is 6.91. The van der Waals surface area contributed by atoms with Crippen LogP contribution in [0.3, 0.4) is 0 Å². The molecule has 0 spiro atoms. The van der Waals surface area contributed by atoms with Crippen molar-refractivity contribution in [2.24, 2.45) is 5.92 Å². The summed E-state index contributed by atoms with van der Waals surface area (Å²) in [5, 5.41) is 0. The van der Waals surface area contributed by atoms with Crippen molar-refractivity contribution in [2.75, 3.05) is 23.7 Å². The third kappa shape index (κ3) is 4.25. The predicted molar refractivity (Wildman–Crippen MR) is 92.9 cm³/mol. The minimum absolute atomic E-state index is 0.122. The summed E-state index contributed by atoms with van der Waals surface area (Å²) in [4.78, 5) is 14.5. The first-order chi connectivity index (χ1) is 10.7. The van der Waals surface area contributed by atoms with Gasteiger partial charge in [0.2, 0.25) is 15.9 Å². The largest absolute Gasteiger partial charge is 0.341 e. The average Bonchev–Trinajstić information content (AvgIpc) is 2.48. The summed E-state index contributed by atoms with van der Waals surface area (Å²) in [6, 6.07) is 6.47. The zero-order valence-corrected chi connectivity index (χ0v) is 15.1. The van der Waals surface area contributed by atoms with Crippen molar-refractivity contribution in [3.8, 4) is 0 Å². The molecule has 1 aromatic rings. The molecule has 23 heavy (non-hydrogen) atoms. The molecule has 0 aromatic heterocycles. The fourth-order valence-corrected chi connectivity index (χ4v) is 4.16. The lowest BCUT2D eigenvalue weighted by atomic mass is 9.99. The van der Waals surface area contributed by atoms with E-state index in [1.807, 2.05) is 19.1 Å². The number of sulfonamides is 1. The monoisotopic (exact) mass is 338 g/mol. The third-order valence-corrected chi connectivity index (χ3v) is 5.69. The van der Waals surface area contributed by atoms with Gasteiger partial charge in [0, 0.05) is 13.1 Å². The summed E-state index contributed by atoms with van der Waals surface area (Å²) in [6.07, 6.45) is 3.10. The predicted octanol–water partition coefficient (Wildman–Crippen LogP) is 2.41. The van der Waals surface area contributed by atoms with Crippen LogP contribution in [-0.4, -0.2) is 44.6 Å². The summed E-state index contributed by atoms with van der Waals surface area (Å²) in [7, 11) is -3.54. The number of benzene rings is 1. The van der Waals surface area contributed by atoms with Crippen LogP contribution in [0.5, 0.6) is 0 Å². The Kier molecular flexibility index (Phi) is 5.34. The van der Waals surface area contributed by atoms with Crippen LogP contribution in [0.2, 0.25) is 0 Å². The fourth-order valence-electron chi connectivity index (χ4n) is 2.99. The second-order valence-corrected chi connectivity index (χ2v) is 8.44. The molecule has 0 radical (unpaired) electrons. The molecule has 2 rings (SSSR count). The Morgan fingerprint density at radius 3 is 2.22 bits per heavy atom. The van der Waals surface area contributed by atoms with Crippen molar-refractivity contribution in [2.45, 2.75) is 39.7 Å². The SMILES string of the molecule is Cc1ccc(N([C@@H](C)C(=O)N2CCC(C)CC2)S(C)(=O)=O)cc1. The Morgan fingerprint density at radius 1 is 1.22 bits per heavy atom. The van der Waals surface area contributed by atoms with Crippen molar-refractivity contribution >= 4 is 21.6 Å². The second-order valence-electron chi connectivity index (χ2n) is 6.58. The van der Waals surface area contributed by atoms with Gasteiger partial charge in [-0.15, -0.1) is 0 Å². The van der Waals surface area contributed by atoms with E-state index in [1.165, 1.54) is 4.31 Å². The first-order valence-electron chi connectivity index (χ1n) is 8.05. The Labute approximate surface area is 139 Å². The first kappa shape index (κ1) is 17.8. The average molecular weight is 338 g/mol. The Morgan fingerprint density at radius 2 is 1.74 bits per heavy atom. The van der Waals surface area contributed by atoms with Crippen molar-refractivity contribution in [3.05, 3.63) is 29.8 Å². The molecule has 6 heteroatoms. The topological polar surface area (TPSA) is 57.7 Å². The van der Waals surface area contributed by atoms with Gasteiger partial charge in [-0.05, 0) is 44.7 Å². The van der Waals surface area contributed by atoms with E-state index >= 15 is 0 Å². The Bertz CT molecular complexity index is 647. The normalized spacial score (nSPS) is 17.8. The molecule has 1 amide bonds. The van der Waals surface area contributed by atoms with Gasteiger partial charge in [0.05, 0.1) is 11.9 Å². The number of aryl methyl sites for hydroxylation is 1. The number of amides is 1. The minimum Gasteiger partial charge on any atom is -0.341 e. The van der Waals surface area contributed by atoms with E-state index in [4.69, 9.17) is 0 Å². The van der Waals surface area contributed by atoms with Crippen LogP contribution in [0.1, 0.15) is 32.3 Å². The lowest BCUT2D eigenvalue weighted by Gasteiger charge is -2.36. The molecule has 0 bridgehead atoms. The molecule has 1 saturated heterocycles. The lowest BCUT2D eigenvalue weighted by Crippen LogP contribution is -2.51. The van der Waals surface area contributed by atoms with Crippen LogP contribution in [0.15, 0.2) is 24.3 Å². The van der Waals surface area contributed by atoms with Gasteiger partial charge in [-0.25, -0.2) is 8.42 Å². The number of likely N-dealkylation sites (tertiary alicyclic amines) is 1. The molecule has 1 fully saturated rings. The number of carbonyl (C=O) groups excluding carboxylic acids is 1. The lowest BCUT2D eigenvalue weighted by molar-refractivity contribution is -0.133. The molecule has 1 heterocycles. The smallest absolute Gasteiger partial charge is 0.246 e. The molecule has 5 nitrogen and oxygen atoms in total. The van der Waals surface area contributed by atoms with Crippen LogP contribution < -0.4 is 4.31 Å². The first-order valence-corrected chi connectivity index (χ1v) is 9.90. The van der Waals surface area contributed by atoms with Crippen LogP contribution in [0, 0.1) is 12.8 Å². The summed E-state index contributed by atoms with van der Waals surface area (Å²) in [5.41, 5.74) is 1.58. The Hall–Kier alpha value is -1.56. The van der Waals surface area contributed by atoms with Crippen LogP contribution in [-0.2, 0) is 14.8 Å². The number of rotatable bonds is 4. The molecule has 1 aromatic carbocycles. The number of anilines is 1. The van der Waals surface area contributed by atoms with E-state index in [0.29, 0.717) is 24.7 Å². The van der Waals surface area contributed by atoms with Crippen LogP contribution >= 0.6 is 0 Å². The maximum absolute atomic E-state index is 12.8. The number of carbonyl (C=O) groups is 1. The number of piperidine rings is 1. The maximum atomic E-state index is 12.8. The fraction of sp³-hybridized carbons (Fsp3) is 0.588. The highest BCUT2D eigenvalue weighted by Crippen LogP contribution is 2.24. The van der Waals surface area contributed by atoms with Crippen LogP contribution in [0.25, 0.3) is 0 Å². The molecule has 1 aliphatic rings. The molecular formula is C17H26N2O3S. The minimum atomic E-state index is -3.54. The highest BCUT2D eigenvalue weighted by atomic mass is 32.2. The highest BCUT2D eigenvalue weighted by Gasteiger charge is 2.33. The van der Waals surface area contributed by atoms with E-state index < -0.39 is 16.1 Å². The highest BCUT2D eigenvalue weighted by molar-refractivity contribution is 7.92. The van der Waals surface area contributed by atoms with E-state index in [0.717, 1.165) is 24.7 Å². The number of hydrogen-bond donors (Lipinski definition) is 0. The van der Waals surface area contributed by atoms with Crippen molar-refractivity contribution in [3.63, 3.8) is 0 Å². The van der Waals surface area contributed by atoms with Crippen LogP contribution in [0.4, 0.5) is 5.69 Å². The van der Waals surface area contributed by atoms with Gasteiger partial charge in [-0.1, -0.05) is 24.6 Å². The molecule has 1 atom stereocenters. The van der Waals surface area contributed by atoms with E-state index in [9.17, 15) is 13.2 Å². The van der Waals surface area contributed by atoms with Gasteiger partial charge in [-0.2, -0.15) is 0 Å². The summed E-state index contributed by atoms with van der Waals surface area (Å²) >= 11 is 0. The number of hydrogen-bond acceptors (Lipinski definition) is 3. The molecule has 1 aliphatic heterocycles. The third-order valence-electron chi connectivity index (χ3n) is 4.45. The van der Waals surface area contributed by atoms with Gasteiger partial charge in [0.1, 0.15) is 6.04 Å². The quantitative estimate of drug-likeness (QED) is 0.847. The van der Waals surface area contributed by atoms with Gasteiger partial charge < -0.3 is 4.90 Å². The molecule has 128 valence electrons. The molecule has 0 unspecified atom stereocenters. The van der Waals surface area contributed by atoms with E-state index in [2.05, 4.69) is 6.92 Å². The Balaban J connectivity index is 2.25. The zero-order chi connectivity index (χ0) is 17.2. The molecular weight excluding hydrogens is 312 g/mol. The van der Waals surface area contributed by atoms with Gasteiger partial charge in [0.25, 0.3) is 0 Å². The van der Waals surface area contributed by atoms with Gasteiger partial charge in [0.15, 0.2) is 0 Å².